The van der Waals surface area contributed by atoms with Crippen molar-refractivity contribution in [3.63, 3.8) is 0 Å². The van der Waals surface area contributed by atoms with Gasteiger partial charge in [-0.3, -0.25) is 0 Å². The van der Waals surface area contributed by atoms with Crippen LogP contribution in [0.2, 0.25) is 0 Å². The Morgan fingerprint density at radius 2 is 1.22 bits per heavy atom. The van der Waals surface area contributed by atoms with E-state index in [1.165, 1.54) is 39.0 Å². The molecule has 2 atom stereocenters. The van der Waals surface area contributed by atoms with Crippen LogP contribution in [0.1, 0.15) is 97.3 Å². The van der Waals surface area contributed by atoms with Gasteiger partial charge in [0, 0.05) is 5.25 Å². The minimum Gasteiger partial charge on any atom is -0.748 e. The third-order valence-electron chi connectivity index (χ3n) is 4.28. The summed E-state index contributed by atoms with van der Waals surface area (Å²) in [6.45, 7) is 3.69. The quantitative estimate of drug-likeness (QED) is 0.267. The minimum absolute atomic E-state index is 0. The van der Waals surface area contributed by atoms with Crippen LogP contribution in [0.4, 0.5) is 0 Å². The molecule has 0 aliphatic heterocycles. The first-order valence-electron chi connectivity index (χ1n) is 9.00. The standard InChI is InChI=1S/C17H36O4S.K/c1-3-4-5-6-7-11-14-17(18)15-12-9-8-10-13-16(2)22(19,20)21;/h16-18H,3-15H2,1-2H3,(H,19,20,21);/q;+1/p-1. The van der Waals surface area contributed by atoms with Crippen LogP contribution in [0.5, 0.6) is 0 Å². The first-order chi connectivity index (χ1) is 10.4. The van der Waals surface area contributed by atoms with Gasteiger partial charge in [-0.2, -0.15) is 0 Å². The number of unbranched alkanes of at least 4 members (excludes halogenated alkanes) is 8. The predicted molar refractivity (Wildman–Crippen MR) is 90.9 cm³/mol. The zero-order valence-electron chi connectivity index (χ0n) is 15.4. The Bertz CT molecular complexity index is 347. The molecule has 6 heteroatoms. The SMILES string of the molecule is CCCCCCCCC(O)CCCCCCC(C)S(=O)(=O)[O-].[K+]. The Balaban J connectivity index is 0. The van der Waals surface area contributed by atoms with Crippen molar-refractivity contribution in [2.75, 3.05) is 0 Å². The normalized spacial score (nSPS) is 14.3. The van der Waals surface area contributed by atoms with Crippen molar-refractivity contribution in [3.8, 4) is 0 Å². The van der Waals surface area contributed by atoms with E-state index in [9.17, 15) is 18.1 Å². The van der Waals surface area contributed by atoms with Crippen LogP contribution < -0.4 is 51.4 Å². The second-order valence-corrected chi connectivity index (χ2v) is 8.30. The van der Waals surface area contributed by atoms with Crippen molar-refractivity contribution in [2.45, 2.75) is 109 Å². The Morgan fingerprint density at radius 3 is 1.65 bits per heavy atom. The monoisotopic (exact) mass is 374 g/mol. The summed E-state index contributed by atoms with van der Waals surface area (Å²) in [7, 11) is -4.12. The summed E-state index contributed by atoms with van der Waals surface area (Å²) in [4.78, 5) is 0. The van der Waals surface area contributed by atoms with Crippen molar-refractivity contribution in [3.05, 3.63) is 0 Å². The van der Waals surface area contributed by atoms with Gasteiger partial charge < -0.3 is 9.66 Å². The summed E-state index contributed by atoms with van der Waals surface area (Å²) in [6.07, 6.45) is 13.2. The van der Waals surface area contributed by atoms with Crippen LogP contribution in [0.15, 0.2) is 0 Å². The first-order valence-corrected chi connectivity index (χ1v) is 10.5. The van der Waals surface area contributed by atoms with E-state index in [1.807, 2.05) is 0 Å². The summed E-state index contributed by atoms with van der Waals surface area (Å²) in [5, 5.41) is 9.11. The average Bonchev–Trinajstić information content (AvgIpc) is 2.45. The van der Waals surface area contributed by atoms with Crippen molar-refractivity contribution < 1.29 is 69.5 Å². The van der Waals surface area contributed by atoms with Gasteiger partial charge in [0.15, 0.2) is 0 Å². The molecule has 0 aliphatic rings. The van der Waals surface area contributed by atoms with E-state index in [0.717, 1.165) is 44.9 Å². The molecule has 0 heterocycles. The topological polar surface area (TPSA) is 77.4 Å². The maximum atomic E-state index is 10.7. The van der Waals surface area contributed by atoms with Crippen LogP contribution in [0, 0.1) is 0 Å². The molecule has 0 spiro atoms. The molecule has 0 bridgehead atoms. The van der Waals surface area contributed by atoms with Gasteiger partial charge in [0.25, 0.3) is 0 Å². The largest absolute Gasteiger partial charge is 1.00 e. The van der Waals surface area contributed by atoms with Gasteiger partial charge in [0.1, 0.15) is 0 Å². The molecule has 0 radical (unpaired) electrons. The number of hydrogen-bond donors (Lipinski definition) is 1. The number of aliphatic hydroxyl groups is 1. The van der Waals surface area contributed by atoms with Crippen molar-refractivity contribution in [1.29, 1.82) is 0 Å². The van der Waals surface area contributed by atoms with Gasteiger partial charge >= 0.3 is 51.4 Å². The summed E-state index contributed by atoms with van der Waals surface area (Å²) in [5.74, 6) is 0. The van der Waals surface area contributed by atoms with Crippen molar-refractivity contribution >= 4 is 10.1 Å². The summed E-state index contributed by atoms with van der Waals surface area (Å²) in [5.41, 5.74) is 0. The van der Waals surface area contributed by atoms with Crippen molar-refractivity contribution in [2.24, 2.45) is 0 Å². The molecule has 0 saturated carbocycles. The molecule has 1 N–H and O–H groups in total. The predicted octanol–water partition coefficient (Wildman–Crippen LogP) is 1.38. The van der Waals surface area contributed by atoms with E-state index < -0.39 is 15.4 Å². The minimum atomic E-state index is -4.12. The van der Waals surface area contributed by atoms with Crippen LogP contribution in [-0.2, 0) is 10.1 Å². The molecular formula is C17H35KO4S. The van der Waals surface area contributed by atoms with Crippen LogP contribution in [-0.4, -0.2) is 29.4 Å². The summed E-state index contributed by atoms with van der Waals surface area (Å²) in [6, 6.07) is 0. The Kier molecular flexibility index (Phi) is 19.7. The first kappa shape index (κ1) is 26.7. The molecule has 134 valence electrons. The third-order valence-corrected chi connectivity index (χ3v) is 5.50. The Labute approximate surface area is 186 Å². The molecule has 0 rings (SSSR count). The fourth-order valence-electron chi connectivity index (χ4n) is 2.61. The van der Waals surface area contributed by atoms with Gasteiger partial charge in [-0.25, -0.2) is 8.42 Å². The van der Waals surface area contributed by atoms with E-state index in [1.54, 1.807) is 0 Å². The molecule has 0 aromatic carbocycles. The van der Waals surface area contributed by atoms with E-state index in [0.29, 0.717) is 6.42 Å². The van der Waals surface area contributed by atoms with Gasteiger partial charge in [0.2, 0.25) is 0 Å². The zero-order chi connectivity index (χ0) is 16.8. The molecule has 0 aromatic heterocycles. The maximum Gasteiger partial charge on any atom is 1.00 e. The summed E-state index contributed by atoms with van der Waals surface area (Å²) >= 11 is 0. The Morgan fingerprint density at radius 1 is 0.826 bits per heavy atom. The van der Waals surface area contributed by atoms with Crippen molar-refractivity contribution in [1.82, 2.24) is 0 Å². The zero-order valence-corrected chi connectivity index (χ0v) is 19.4. The number of hydrogen-bond acceptors (Lipinski definition) is 4. The van der Waals surface area contributed by atoms with Crippen LogP contribution in [0.3, 0.4) is 0 Å². The maximum absolute atomic E-state index is 10.7. The molecule has 4 nitrogen and oxygen atoms in total. The fourth-order valence-corrected chi connectivity index (χ4v) is 3.07. The van der Waals surface area contributed by atoms with E-state index in [-0.39, 0.29) is 57.5 Å². The smallest absolute Gasteiger partial charge is 0.748 e. The van der Waals surface area contributed by atoms with Gasteiger partial charge in [-0.1, -0.05) is 71.1 Å². The second-order valence-electron chi connectivity index (χ2n) is 6.51. The second kappa shape index (κ2) is 16.9. The molecule has 0 aromatic rings. The summed E-state index contributed by atoms with van der Waals surface area (Å²) < 4.78 is 32.2. The van der Waals surface area contributed by atoms with E-state index in [4.69, 9.17) is 0 Å². The van der Waals surface area contributed by atoms with Crippen LogP contribution in [0.25, 0.3) is 0 Å². The molecule has 0 fully saturated rings. The van der Waals surface area contributed by atoms with Crippen LogP contribution >= 0.6 is 0 Å². The molecule has 0 saturated heterocycles. The average molecular weight is 375 g/mol. The Hall–Kier alpha value is 1.51. The molecule has 23 heavy (non-hydrogen) atoms. The van der Waals surface area contributed by atoms with Gasteiger partial charge in [-0.05, 0) is 26.2 Å². The molecule has 0 amide bonds. The third kappa shape index (κ3) is 18.1. The number of rotatable bonds is 15. The van der Waals surface area contributed by atoms with E-state index in [2.05, 4.69) is 6.92 Å². The van der Waals surface area contributed by atoms with Gasteiger partial charge in [0.05, 0.1) is 16.2 Å². The molecule has 0 aliphatic carbocycles. The van der Waals surface area contributed by atoms with Gasteiger partial charge in [-0.15, -0.1) is 0 Å². The molecule has 2 unspecified atom stereocenters. The fraction of sp³-hybridized carbons (Fsp3) is 1.00. The van der Waals surface area contributed by atoms with E-state index >= 15 is 0 Å². The molecular weight excluding hydrogens is 339 g/mol. The number of aliphatic hydroxyl groups excluding tert-OH is 1.